The number of carbonyl (C=O) groups is 1. The second-order valence-corrected chi connectivity index (χ2v) is 9.40. The van der Waals surface area contributed by atoms with Crippen LogP contribution < -0.4 is 10.6 Å². The molecule has 0 aliphatic carbocycles. The van der Waals surface area contributed by atoms with Crippen LogP contribution in [-0.4, -0.2) is 44.8 Å². The number of aryl methyl sites for hydroxylation is 1. The highest BCUT2D eigenvalue weighted by Crippen LogP contribution is 2.26. The summed E-state index contributed by atoms with van der Waals surface area (Å²) in [5.41, 5.74) is 1.26. The fourth-order valence-electron chi connectivity index (χ4n) is 3.51. The molecule has 1 unspecified atom stereocenters. The van der Waals surface area contributed by atoms with Gasteiger partial charge in [0.1, 0.15) is 0 Å². The number of sulfonamides is 1. The van der Waals surface area contributed by atoms with Crippen LogP contribution in [0.5, 0.6) is 0 Å². The lowest BCUT2D eigenvalue weighted by Gasteiger charge is -2.31. The number of rotatable bonds is 5. The first-order chi connectivity index (χ1) is 12.4. The van der Waals surface area contributed by atoms with Gasteiger partial charge in [0.15, 0.2) is 0 Å². The fourth-order valence-corrected chi connectivity index (χ4v) is 5.28. The molecular weight excluding hydrogens is 350 g/mol. The highest BCUT2D eigenvalue weighted by Gasteiger charge is 2.30. The van der Waals surface area contributed by atoms with Crippen molar-refractivity contribution >= 4 is 21.6 Å². The highest BCUT2D eigenvalue weighted by atomic mass is 32.2. The Morgan fingerprint density at radius 1 is 1.19 bits per heavy atom. The summed E-state index contributed by atoms with van der Waals surface area (Å²) >= 11 is 0. The van der Waals surface area contributed by atoms with Crippen molar-refractivity contribution in [2.24, 2.45) is 11.8 Å². The van der Waals surface area contributed by atoms with Crippen molar-refractivity contribution < 1.29 is 13.2 Å². The molecule has 1 aromatic rings. The SMILES string of the molecule is Cc1ccc(NC(=O)C(C)C2CNC2)cc1S(=O)(=O)N1CCCCCC1. The Hall–Kier alpha value is -1.44. The Labute approximate surface area is 156 Å². The maximum atomic E-state index is 13.1. The van der Waals surface area contributed by atoms with Gasteiger partial charge in [0.25, 0.3) is 0 Å². The first-order valence-electron chi connectivity index (χ1n) is 9.52. The van der Waals surface area contributed by atoms with Crippen molar-refractivity contribution in [2.45, 2.75) is 44.4 Å². The maximum Gasteiger partial charge on any atom is 0.243 e. The molecule has 1 amide bonds. The van der Waals surface area contributed by atoms with Crippen molar-refractivity contribution in [3.05, 3.63) is 23.8 Å². The third kappa shape index (κ3) is 4.10. The van der Waals surface area contributed by atoms with Gasteiger partial charge in [-0.05, 0) is 56.5 Å². The Balaban J connectivity index is 1.79. The van der Waals surface area contributed by atoms with E-state index in [0.29, 0.717) is 35.2 Å². The number of carbonyl (C=O) groups excluding carboxylic acids is 1. The van der Waals surface area contributed by atoms with Crippen LogP contribution in [-0.2, 0) is 14.8 Å². The quantitative estimate of drug-likeness (QED) is 0.823. The van der Waals surface area contributed by atoms with Gasteiger partial charge >= 0.3 is 0 Å². The Morgan fingerprint density at radius 2 is 1.85 bits per heavy atom. The van der Waals surface area contributed by atoms with Crippen LogP contribution in [0.25, 0.3) is 0 Å². The zero-order valence-electron chi connectivity index (χ0n) is 15.6. The second kappa shape index (κ2) is 8.06. The molecule has 3 rings (SSSR count). The molecule has 0 aromatic heterocycles. The van der Waals surface area contributed by atoms with Gasteiger partial charge in [0, 0.05) is 24.7 Å². The first kappa shape index (κ1) is 19.3. The van der Waals surface area contributed by atoms with E-state index in [9.17, 15) is 13.2 Å². The predicted octanol–water partition coefficient (Wildman–Crippen LogP) is 2.35. The first-order valence-corrected chi connectivity index (χ1v) is 11.0. The van der Waals surface area contributed by atoms with Crippen LogP contribution >= 0.6 is 0 Å². The van der Waals surface area contributed by atoms with Gasteiger partial charge in [0.2, 0.25) is 15.9 Å². The largest absolute Gasteiger partial charge is 0.326 e. The summed E-state index contributed by atoms with van der Waals surface area (Å²) in [5.74, 6) is 0.197. The minimum atomic E-state index is -3.53. The lowest BCUT2D eigenvalue weighted by atomic mass is 9.88. The van der Waals surface area contributed by atoms with Crippen LogP contribution in [0.2, 0.25) is 0 Å². The van der Waals surface area contributed by atoms with Gasteiger partial charge in [-0.25, -0.2) is 8.42 Å². The van der Waals surface area contributed by atoms with E-state index in [4.69, 9.17) is 0 Å². The van der Waals surface area contributed by atoms with Crippen LogP contribution in [0.3, 0.4) is 0 Å². The van der Waals surface area contributed by atoms with Crippen LogP contribution in [0, 0.1) is 18.8 Å². The average molecular weight is 380 g/mol. The van der Waals surface area contributed by atoms with Crippen molar-refractivity contribution in [1.29, 1.82) is 0 Å². The minimum absolute atomic E-state index is 0.0570. The molecule has 0 bridgehead atoms. The van der Waals surface area contributed by atoms with Crippen LogP contribution in [0.15, 0.2) is 23.1 Å². The second-order valence-electron chi connectivity index (χ2n) is 7.49. The zero-order valence-corrected chi connectivity index (χ0v) is 16.4. The summed E-state index contributed by atoms with van der Waals surface area (Å²) in [4.78, 5) is 12.7. The van der Waals surface area contributed by atoms with E-state index in [1.165, 1.54) is 0 Å². The molecule has 1 atom stereocenters. The Morgan fingerprint density at radius 3 is 2.42 bits per heavy atom. The molecule has 2 aliphatic rings. The van der Waals surface area contributed by atoms with E-state index in [1.54, 1.807) is 29.4 Å². The van der Waals surface area contributed by atoms with Crippen molar-refractivity contribution in [1.82, 2.24) is 9.62 Å². The molecular formula is C19H29N3O3S. The molecule has 7 heteroatoms. The fraction of sp³-hybridized carbons (Fsp3) is 0.632. The summed E-state index contributed by atoms with van der Waals surface area (Å²) in [6.45, 7) is 6.59. The summed E-state index contributed by atoms with van der Waals surface area (Å²) in [6.07, 6.45) is 3.97. The summed E-state index contributed by atoms with van der Waals surface area (Å²) in [5, 5.41) is 6.07. The normalized spacial score (nSPS) is 20.8. The third-order valence-corrected chi connectivity index (χ3v) is 7.61. The van der Waals surface area contributed by atoms with Gasteiger partial charge in [0.05, 0.1) is 4.90 Å². The van der Waals surface area contributed by atoms with Crippen molar-refractivity contribution in [2.75, 3.05) is 31.5 Å². The molecule has 6 nitrogen and oxygen atoms in total. The molecule has 2 N–H and O–H groups in total. The van der Waals surface area contributed by atoms with Crippen molar-refractivity contribution in [3.63, 3.8) is 0 Å². The molecule has 2 fully saturated rings. The number of nitrogens with one attached hydrogen (secondary N) is 2. The third-order valence-electron chi connectivity index (χ3n) is 5.57. The number of amides is 1. The van der Waals surface area contributed by atoms with Gasteiger partial charge < -0.3 is 10.6 Å². The number of benzene rings is 1. The minimum Gasteiger partial charge on any atom is -0.326 e. The molecule has 0 radical (unpaired) electrons. The number of hydrogen-bond donors (Lipinski definition) is 2. The molecule has 0 spiro atoms. The van der Waals surface area contributed by atoms with E-state index in [-0.39, 0.29) is 11.8 Å². The maximum absolute atomic E-state index is 13.1. The van der Waals surface area contributed by atoms with Crippen LogP contribution in [0.1, 0.15) is 38.2 Å². The summed E-state index contributed by atoms with van der Waals surface area (Å²) in [6, 6.07) is 5.16. The van der Waals surface area contributed by atoms with E-state index in [1.807, 2.05) is 6.92 Å². The lowest BCUT2D eigenvalue weighted by molar-refractivity contribution is -0.121. The molecule has 0 saturated carbocycles. The highest BCUT2D eigenvalue weighted by molar-refractivity contribution is 7.89. The molecule has 2 aliphatic heterocycles. The van der Waals surface area contributed by atoms with Gasteiger partial charge in [-0.3, -0.25) is 4.79 Å². The van der Waals surface area contributed by atoms with E-state index < -0.39 is 10.0 Å². The number of anilines is 1. The van der Waals surface area contributed by atoms with E-state index in [0.717, 1.165) is 38.8 Å². The molecule has 2 saturated heterocycles. The smallest absolute Gasteiger partial charge is 0.243 e. The Kier molecular flexibility index (Phi) is 5.99. The van der Waals surface area contributed by atoms with Crippen LogP contribution in [0.4, 0.5) is 5.69 Å². The predicted molar refractivity (Wildman–Crippen MR) is 103 cm³/mol. The molecule has 144 valence electrons. The molecule has 26 heavy (non-hydrogen) atoms. The van der Waals surface area contributed by atoms with Crippen molar-refractivity contribution in [3.8, 4) is 0 Å². The Bertz CT molecular complexity index is 751. The topological polar surface area (TPSA) is 78.5 Å². The van der Waals surface area contributed by atoms with E-state index >= 15 is 0 Å². The number of nitrogens with zero attached hydrogens (tertiary/aromatic N) is 1. The monoisotopic (exact) mass is 379 g/mol. The summed E-state index contributed by atoms with van der Waals surface area (Å²) < 4.78 is 27.8. The summed E-state index contributed by atoms with van der Waals surface area (Å²) in [7, 11) is -3.53. The van der Waals surface area contributed by atoms with Gasteiger partial charge in [-0.2, -0.15) is 4.31 Å². The van der Waals surface area contributed by atoms with E-state index in [2.05, 4.69) is 10.6 Å². The standard InChI is InChI=1S/C19H29N3O3S/c1-14-7-8-17(21-19(23)15(2)16-12-20-13-16)11-18(14)26(24,25)22-9-5-3-4-6-10-22/h7-8,11,15-16,20H,3-6,9-10,12-13H2,1-2H3,(H,21,23). The molecule has 2 heterocycles. The number of hydrogen-bond acceptors (Lipinski definition) is 4. The average Bonchev–Trinajstić information content (AvgIpc) is 2.84. The molecule has 1 aromatic carbocycles. The lowest BCUT2D eigenvalue weighted by Crippen LogP contribution is -2.48. The zero-order chi connectivity index (χ0) is 18.7. The van der Waals surface area contributed by atoms with Gasteiger partial charge in [-0.15, -0.1) is 0 Å². The van der Waals surface area contributed by atoms with Gasteiger partial charge in [-0.1, -0.05) is 25.8 Å².